The topological polar surface area (TPSA) is 29.3 Å². The fourth-order valence-corrected chi connectivity index (χ4v) is 1.57. The van der Waals surface area contributed by atoms with Gasteiger partial charge in [-0.05, 0) is 51.0 Å². The van der Waals surface area contributed by atoms with Gasteiger partial charge in [0.25, 0.3) is 0 Å². The van der Waals surface area contributed by atoms with Gasteiger partial charge in [0.1, 0.15) is 0 Å². The fourth-order valence-electron chi connectivity index (χ4n) is 1.57. The Hall–Kier alpha value is -1.18. The SMILES string of the molecule is CCC(C)(C)N(C)c1cc(C)cc(N)c1. The number of nitrogens with two attached hydrogens (primary N) is 1. The number of aryl methyl sites for hydroxylation is 1. The molecule has 0 amide bonds. The molecule has 0 aliphatic carbocycles. The van der Waals surface area contributed by atoms with Gasteiger partial charge in [-0.3, -0.25) is 0 Å². The lowest BCUT2D eigenvalue weighted by atomic mass is 9.98. The van der Waals surface area contributed by atoms with E-state index in [2.05, 4.69) is 45.7 Å². The van der Waals surface area contributed by atoms with Crippen LogP contribution in [0.15, 0.2) is 18.2 Å². The molecule has 0 radical (unpaired) electrons. The number of benzene rings is 1. The summed E-state index contributed by atoms with van der Waals surface area (Å²) in [6, 6.07) is 6.20. The van der Waals surface area contributed by atoms with Crippen LogP contribution in [-0.2, 0) is 0 Å². The van der Waals surface area contributed by atoms with E-state index in [1.165, 1.54) is 11.3 Å². The monoisotopic (exact) mass is 206 g/mol. The minimum Gasteiger partial charge on any atom is -0.399 e. The Labute approximate surface area is 93.1 Å². The summed E-state index contributed by atoms with van der Waals surface area (Å²) in [6.07, 6.45) is 1.11. The Bertz CT molecular complexity index is 322. The molecule has 0 unspecified atom stereocenters. The highest BCUT2D eigenvalue weighted by Crippen LogP contribution is 2.27. The number of hydrogen-bond donors (Lipinski definition) is 1. The molecule has 2 nitrogen and oxygen atoms in total. The zero-order chi connectivity index (χ0) is 11.6. The Kier molecular flexibility index (Phi) is 3.28. The number of nitrogens with zero attached hydrogens (tertiary/aromatic N) is 1. The quantitative estimate of drug-likeness (QED) is 0.769. The van der Waals surface area contributed by atoms with Crippen LogP contribution in [0.5, 0.6) is 0 Å². The molecular weight excluding hydrogens is 184 g/mol. The lowest BCUT2D eigenvalue weighted by Crippen LogP contribution is -2.40. The number of rotatable bonds is 3. The van der Waals surface area contributed by atoms with Crippen molar-refractivity contribution >= 4 is 11.4 Å². The molecule has 0 aliphatic heterocycles. The number of hydrogen-bond acceptors (Lipinski definition) is 2. The first-order valence-corrected chi connectivity index (χ1v) is 5.48. The summed E-state index contributed by atoms with van der Waals surface area (Å²) in [5, 5.41) is 0. The first-order chi connectivity index (χ1) is 6.86. The minimum atomic E-state index is 0.167. The molecule has 0 fully saturated rings. The van der Waals surface area contributed by atoms with Gasteiger partial charge in [-0.25, -0.2) is 0 Å². The highest BCUT2D eigenvalue weighted by molar-refractivity contribution is 5.59. The average molecular weight is 206 g/mol. The van der Waals surface area contributed by atoms with E-state index in [1.807, 2.05) is 12.1 Å². The van der Waals surface area contributed by atoms with Crippen molar-refractivity contribution in [1.29, 1.82) is 0 Å². The molecule has 15 heavy (non-hydrogen) atoms. The molecule has 0 saturated heterocycles. The molecule has 0 aromatic heterocycles. The van der Waals surface area contributed by atoms with Crippen LogP contribution >= 0.6 is 0 Å². The summed E-state index contributed by atoms with van der Waals surface area (Å²) in [4.78, 5) is 2.29. The van der Waals surface area contributed by atoms with E-state index in [-0.39, 0.29) is 5.54 Å². The van der Waals surface area contributed by atoms with Crippen molar-refractivity contribution in [3.05, 3.63) is 23.8 Å². The highest BCUT2D eigenvalue weighted by atomic mass is 15.2. The van der Waals surface area contributed by atoms with Gasteiger partial charge in [0.05, 0.1) is 0 Å². The van der Waals surface area contributed by atoms with Gasteiger partial charge in [0.15, 0.2) is 0 Å². The Morgan fingerprint density at radius 3 is 2.33 bits per heavy atom. The standard InChI is InChI=1S/C13H22N2/c1-6-13(3,4)15(5)12-8-10(2)7-11(14)9-12/h7-9H,6,14H2,1-5H3. The summed E-state index contributed by atoms with van der Waals surface area (Å²) < 4.78 is 0. The van der Waals surface area contributed by atoms with E-state index < -0.39 is 0 Å². The largest absolute Gasteiger partial charge is 0.399 e. The maximum absolute atomic E-state index is 5.86. The first kappa shape index (κ1) is 11.9. The van der Waals surface area contributed by atoms with E-state index in [0.29, 0.717) is 0 Å². The van der Waals surface area contributed by atoms with Gasteiger partial charge in [0.2, 0.25) is 0 Å². The molecule has 0 heterocycles. The van der Waals surface area contributed by atoms with Crippen molar-refractivity contribution in [2.45, 2.75) is 39.7 Å². The maximum atomic E-state index is 5.86. The highest BCUT2D eigenvalue weighted by Gasteiger charge is 2.21. The van der Waals surface area contributed by atoms with E-state index in [9.17, 15) is 0 Å². The van der Waals surface area contributed by atoms with Gasteiger partial charge in [0, 0.05) is 24.0 Å². The van der Waals surface area contributed by atoms with Crippen molar-refractivity contribution in [2.75, 3.05) is 17.7 Å². The van der Waals surface area contributed by atoms with Crippen LogP contribution < -0.4 is 10.6 Å². The van der Waals surface area contributed by atoms with Gasteiger partial charge < -0.3 is 10.6 Å². The third-order valence-electron chi connectivity index (χ3n) is 3.24. The molecule has 1 aromatic carbocycles. The van der Waals surface area contributed by atoms with Crippen molar-refractivity contribution < 1.29 is 0 Å². The molecule has 84 valence electrons. The second-order valence-electron chi connectivity index (χ2n) is 4.83. The zero-order valence-corrected chi connectivity index (χ0v) is 10.5. The molecular formula is C13H22N2. The van der Waals surface area contributed by atoms with Crippen LogP contribution in [0.1, 0.15) is 32.8 Å². The molecule has 0 bridgehead atoms. The molecule has 2 N–H and O–H groups in total. The Balaban J connectivity index is 3.06. The number of nitrogen functional groups attached to an aromatic ring is 1. The summed E-state index contributed by atoms with van der Waals surface area (Å²) in [6.45, 7) is 8.76. The molecule has 0 atom stereocenters. The smallest absolute Gasteiger partial charge is 0.0391 e. The minimum absolute atomic E-state index is 0.167. The predicted octanol–water partition coefficient (Wildman–Crippen LogP) is 3.20. The van der Waals surface area contributed by atoms with Crippen molar-refractivity contribution in [3.8, 4) is 0 Å². The predicted molar refractivity (Wildman–Crippen MR) is 68.4 cm³/mol. The van der Waals surface area contributed by atoms with Crippen LogP contribution in [0, 0.1) is 6.92 Å². The Morgan fingerprint density at radius 2 is 1.87 bits per heavy atom. The van der Waals surface area contributed by atoms with Gasteiger partial charge in [-0.1, -0.05) is 6.92 Å². The van der Waals surface area contributed by atoms with Crippen LogP contribution in [-0.4, -0.2) is 12.6 Å². The van der Waals surface area contributed by atoms with Crippen LogP contribution in [0.4, 0.5) is 11.4 Å². The second kappa shape index (κ2) is 4.13. The van der Waals surface area contributed by atoms with E-state index in [1.54, 1.807) is 0 Å². The van der Waals surface area contributed by atoms with Crippen LogP contribution in [0.2, 0.25) is 0 Å². The summed E-state index contributed by atoms with van der Waals surface area (Å²) in [7, 11) is 2.12. The number of anilines is 2. The van der Waals surface area contributed by atoms with E-state index in [4.69, 9.17) is 5.73 Å². The third kappa shape index (κ3) is 2.65. The maximum Gasteiger partial charge on any atom is 0.0391 e. The lowest BCUT2D eigenvalue weighted by molar-refractivity contribution is 0.471. The fraction of sp³-hybridized carbons (Fsp3) is 0.538. The van der Waals surface area contributed by atoms with Crippen molar-refractivity contribution in [3.63, 3.8) is 0 Å². The van der Waals surface area contributed by atoms with Gasteiger partial charge in [-0.15, -0.1) is 0 Å². The zero-order valence-electron chi connectivity index (χ0n) is 10.5. The summed E-state index contributed by atoms with van der Waals surface area (Å²) >= 11 is 0. The third-order valence-corrected chi connectivity index (χ3v) is 3.24. The summed E-state index contributed by atoms with van der Waals surface area (Å²) in [5.41, 5.74) is 9.26. The average Bonchev–Trinajstić information content (AvgIpc) is 2.15. The second-order valence-corrected chi connectivity index (χ2v) is 4.83. The molecule has 0 aliphatic rings. The molecule has 0 spiro atoms. The lowest BCUT2D eigenvalue weighted by Gasteiger charge is -2.37. The van der Waals surface area contributed by atoms with Gasteiger partial charge >= 0.3 is 0 Å². The van der Waals surface area contributed by atoms with Gasteiger partial charge in [-0.2, -0.15) is 0 Å². The first-order valence-electron chi connectivity index (χ1n) is 5.48. The molecule has 1 aromatic rings. The molecule has 1 rings (SSSR count). The Morgan fingerprint density at radius 1 is 1.27 bits per heavy atom. The normalized spacial score (nSPS) is 11.5. The summed E-state index contributed by atoms with van der Waals surface area (Å²) in [5.74, 6) is 0. The molecule has 2 heteroatoms. The van der Waals surface area contributed by atoms with Crippen molar-refractivity contribution in [1.82, 2.24) is 0 Å². The van der Waals surface area contributed by atoms with Crippen LogP contribution in [0.3, 0.4) is 0 Å². The molecule has 0 saturated carbocycles. The van der Waals surface area contributed by atoms with Crippen LogP contribution in [0.25, 0.3) is 0 Å². The van der Waals surface area contributed by atoms with E-state index >= 15 is 0 Å². The van der Waals surface area contributed by atoms with Crippen molar-refractivity contribution in [2.24, 2.45) is 0 Å². The van der Waals surface area contributed by atoms with E-state index in [0.717, 1.165) is 12.1 Å².